The van der Waals surface area contributed by atoms with Crippen LogP contribution in [0.3, 0.4) is 0 Å². The number of nitrogens with one attached hydrogen (secondary N) is 1. The molecule has 0 spiro atoms. The van der Waals surface area contributed by atoms with Crippen molar-refractivity contribution in [3.8, 4) is 0 Å². The largest absolute Gasteiger partial charge is 0.345 e. The fraction of sp³-hybridized carbons (Fsp3) is 0.471. The predicted molar refractivity (Wildman–Crippen MR) is 90.4 cm³/mol. The molecular weight excluding hydrogens is 312 g/mol. The lowest BCUT2D eigenvalue weighted by molar-refractivity contribution is -0.128. The molecule has 0 aliphatic carbocycles. The summed E-state index contributed by atoms with van der Waals surface area (Å²) >= 11 is 1.26. The van der Waals surface area contributed by atoms with Crippen LogP contribution in [-0.4, -0.2) is 35.3 Å². The molecule has 2 atom stereocenters. The third-order valence-corrected chi connectivity index (χ3v) is 5.56. The van der Waals surface area contributed by atoms with Gasteiger partial charge in [0.1, 0.15) is 0 Å². The minimum atomic E-state index is -0.390. The number of carbonyl (C=O) groups is 3. The number of aryl methyl sites for hydroxylation is 2. The average molecular weight is 332 g/mol. The fourth-order valence-corrected chi connectivity index (χ4v) is 3.88. The van der Waals surface area contributed by atoms with Gasteiger partial charge in [-0.2, -0.15) is 0 Å². The molecule has 0 radical (unpaired) electrons. The molecule has 6 heteroatoms. The van der Waals surface area contributed by atoms with Crippen LogP contribution < -0.4 is 10.2 Å². The van der Waals surface area contributed by atoms with E-state index >= 15 is 0 Å². The van der Waals surface area contributed by atoms with Gasteiger partial charge in [0.05, 0.1) is 12.0 Å². The molecule has 3 rings (SSSR count). The van der Waals surface area contributed by atoms with Crippen LogP contribution in [0, 0.1) is 19.8 Å². The highest BCUT2D eigenvalue weighted by Gasteiger charge is 2.37. The molecule has 2 aliphatic rings. The zero-order chi connectivity index (χ0) is 16.6. The summed E-state index contributed by atoms with van der Waals surface area (Å²) in [5.74, 6) is 0.135. The van der Waals surface area contributed by atoms with Crippen LogP contribution in [0.15, 0.2) is 18.2 Å². The lowest BCUT2D eigenvalue weighted by Gasteiger charge is -2.18. The van der Waals surface area contributed by atoms with Crippen molar-refractivity contribution in [3.63, 3.8) is 0 Å². The summed E-state index contributed by atoms with van der Waals surface area (Å²) in [6, 6.07) is 5.49. The molecule has 0 unspecified atom stereocenters. The number of amides is 2. The summed E-state index contributed by atoms with van der Waals surface area (Å²) < 4.78 is 0. The zero-order valence-corrected chi connectivity index (χ0v) is 14.1. The Bertz CT molecular complexity index is 674. The predicted octanol–water partition coefficient (Wildman–Crippen LogP) is 1.80. The molecule has 2 amide bonds. The summed E-state index contributed by atoms with van der Waals surface area (Å²) in [4.78, 5) is 37.9. The Balaban J connectivity index is 1.68. The number of nitrogens with zero attached hydrogens (tertiary/aromatic N) is 1. The monoisotopic (exact) mass is 332 g/mol. The van der Waals surface area contributed by atoms with Crippen molar-refractivity contribution in [1.29, 1.82) is 0 Å². The first-order chi connectivity index (χ1) is 11.0. The first-order valence-electron chi connectivity index (χ1n) is 7.80. The van der Waals surface area contributed by atoms with Crippen LogP contribution in [0.4, 0.5) is 5.69 Å². The maximum absolute atomic E-state index is 12.3. The van der Waals surface area contributed by atoms with E-state index in [-0.39, 0.29) is 29.3 Å². The third kappa shape index (κ3) is 3.27. The maximum atomic E-state index is 12.3. The van der Waals surface area contributed by atoms with Gasteiger partial charge in [0.25, 0.3) is 0 Å². The van der Waals surface area contributed by atoms with E-state index in [1.165, 1.54) is 17.3 Å². The normalized spacial score (nSPS) is 24.3. The third-order valence-electron chi connectivity index (χ3n) is 4.55. The first kappa shape index (κ1) is 16.1. The maximum Gasteiger partial charge on any atom is 0.227 e. The van der Waals surface area contributed by atoms with Gasteiger partial charge in [0, 0.05) is 24.4 Å². The Kier molecular flexibility index (Phi) is 4.43. The van der Waals surface area contributed by atoms with Crippen molar-refractivity contribution >= 4 is 34.4 Å². The Hall–Kier alpha value is -1.82. The Morgan fingerprint density at radius 2 is 2.04 bits per heavy atom. The van der Waals surface area contributed by atoms with Gasteiger partial charge in [-0.05, 0) is 43.5 Å². The molecule has 1 N–H and O–H groups in total. The minimum Gasteiger partial charge on any atom is -0.345 e. The molecule has 23 heavy (non-hydrogen) atoms. The van der Waals surface area contributed by atoms with E-state index in [9.17, 15) is 14.4 Å². The van der Waals surface area contributed by atoms with Gasteiger partial charge >= 0.3 is 0 Å². The summed E-state index contributed by atoms with van der Waals surface area (Å²) in [6.07, 6.45) is 0.879. The molecule has 5 nitrogen and oxygen atoms in total. The summed E-state index contributed by atoms with van der Waals surface area (Å²) in [5, 5.41) is 2.82. The summed E-state index contributed by atoms with van der Waals surface area (Å²) in [5.41, 5.74) is 3.13. The van der Waals surface area contributed by atoms with Crippen LogP contribution in [0.25, 0.3) is 0 Å². The molecule has 1 aromatic carbocycles. The highest BCUT2D eigenvalue weighted by atomic mass is 32.2. The smallest absolute Gasteiger partial charge is 0.227 e. The van der Waals surface area contributed by atoms with E-state index in [4.69, 9.17) is 0 Å². The van der Waals surface area contributed by atoms with Crippen molar-refractivity contribution in [2.45, 2.75) is 32.7 Å². The van der Waals surface area contributed by atoms with Gasteiger partial charge in [-0.1, -0.05) is 17.8 Å². The molecule has 2 aliphatic heterocycles. The standard InChI is InChI=1S/C17H20N2O3S/c1-10-3-4-13(7-11(10)2)19-9-12(8-15(19)20)16(21)18-14-5-6-23-17(14)22/h3-4,7,12,14H,5-6,8-9H2,1-2H3,(H,18,21)/t12-,14-/m1/s1. The lowest BCUT2D eigenvalue weighted by Crippen LogP contribution is -2.41. The minimum absolute atomic E-state index is 0.0219. The van der Waals surface area contributed by atoms with Crippen molar-refractivity contribution in [1.82, 2.24) is 5.32 Å². The van der Waals surface area contributed by atoms with E-state index in [0.717, 1.165) is 17.0 Å². The molecule has 2 heterocycles. The average Bonchev–Trinajstić information content (AvgIpc) is 3.09. The molecule has 0 aromatic heterocycles. The molecule has 2 saturated heterocycles. The van der Waals surface area contributed by atoms with Crippen LogP contribution in [0.2, 0.25) is 0 Å². The molecule has 0 bridgehead atoms. The summed E-state index contributed by atoms with van der Waals surface area (Å²) in [6.45, 7) is 4.41. The number of hydrogen-bond donors (Lipinski definition) is 1. The van der Waals surface area contributed by atoms with E-state index in [0.29, 0.717) is 13.0 Å². The van der Waals surface area contributed by atoms with Gasteiger partial charge in [0.15, 0.2) is 0 Å². The van der Waals surface area contributed by atoms with E-state index in [2.05, 4.69) is 5.32 Å². The topological polar surface area (TPSA) is 66.5 Å². The second-order valence-electron chi connectivity index (χ2n) is 6.19. The number of carbonyl (C=O) groups excluding carboxylic acids is 3. The molecule has 122 valence electrons. The number of benzene rings is 1. The van der Waals surface area contributed by atoms with E-state index in [1.807, 2.05) is 32.0 Å². The van der Waals surface area contributed by atoms with Crippen LogP contribution in [0.1, 0.15) is 24.0 Å². The van der Waals surface area contributed by atoms with Gasteiger partial charge in [-0.3, -0.25) is 14.4 Å². The van der Waals surface area contributed by atoms with Crippen molar-refractivity contribution in [2.75, 3.05) is 17.2 Å². The highest BCUT2D eigenvalue weighted by Crippen LogP contribution is 2.27. The number of hydrogen-bond acceptors (Lipinski definition) is 4. The number of thioether (sulfide) groups is 1. The van der Waals surface area contributed by atoms with Gasteiger partial charge in [0.2, 0.25) is 16.9 Å². The van der Waals surface area contributed by atoms with Crippen LogP contribution in [0.5, 0.6) is 0 Å². The Morgan fingerprint density at radius 1 is 1.26 bits per heavy atom. The zero-order valence-electron chi connectivity index (χ0n) is 13.3. The first-order valence-corrected chi connectivity index (χ1v) is 8.79. The van der Waals surface area contributed by atoms with Gasteiger partial charge in [-0.25, -0.2) is 0 Å². The lowest BCUT2D eigenvalue weighted by atomic mass is 10.1. The molecule has 2 fully saturated rings. The van der Waals surface area contributed by atoms with E-state index in [1.54, 1.807) is 4.90 Å². The molecule has 1 aromatic rings. The second kappa shape index (κ2) is 6.35. The van der Waals surface area contributed by atoms with Crippen molar-refractivity contribution in [3.05, 3.63) is 29.3 Å². The highest BCUT2D eigenvalue weighted by molar-refractivity contribution is 8.14. The number of anilines is 1. The van der Waals surface area contributed by atoms with Crippen LogP contribution >= 0.6 is 11.8 Å². The number of rotatable bonds is 3. The fourth-order valence-electron chi connectivity index (χ4n) is 2.94. The van der Waals surface area contributed by atoms with Gasteiger partial charge < -0.3 is 10.2 Å². The Labute approximate surface area is 139 Å². The molecular formula is C17H20N2O3S. The molecule has 0 saturated carbocycles. The quantitative estimate of drug-likeness (QED) is 0.917. The SMILES string of the molecule is Cc1ccc(N2C[C@H](C(=O)N[C@@H]3CCSC3=O)CC2=O)cc1C. The summed E-state index contributed by atoms with van der Waals surface area (Å²) in [7, 11) is 0. The van der Waals surface area contributed by atoms with Crippen molar-refractivity contribution in [2.24, 2.45) is 5.92 Å². The van der Waals surface area contributed by atoms with E-state index < -0.39 is 6.04 Å². The van der Waals surface area contributed by atoms with Crippen LogP contribution in [-0.2, 0) is 14.4 Å². The second-order valence-corrected chi connectivity index (χ2v) is 7.29. The Morgan fingerprint density at radius 3 is 2.70 bits per heavy atom. The van der Waals surface area contributed by atoms with Gasteiger partial charge in [-0.15, -0.1) is 0 Å². The van der Waals surface area contributed by atoms with Crippen molar-refractivity contribution < 1.29 is 14.4 Å².